The minimum absolute atomic E-state index is 0.193. The zero-order valence-corrected chi connectivity index (χ0v) is 21.3. The monoisotopic (exact) mass is 550 g/mol. The number of benzene rings is 1. The maximum Gasteiger partial charge on any atom is 0.407 e. The first-order valence-corrected chi connectivity index (χ1v) is 12.5. The van der Waals surface area contributed by atoms with E-state index in [-0.39, 0.29) is 18.8 Å². The van der Waals surface area contributed by atoms with Crippen molar-refractivity contribution in [3.05, 3.63) is 61.9 Å². The first kappa shape index (κ1) is 24.3. The lowest BCUT2D eigenvalue weighted by molar-refractivity contribution is -0.139. The minimum atomic E-state index is -0.736. The third-order valence-corrected chi connectivity index (χ3v) is 6.76. The summed E-state index contributed by atoms with van der Waals surface area (Å²) in [6.07, 6.45) is 1.28. The van der Waals surface area contributed by atoms with Crippen molar-refractivity contribution in [1.29, 1.82) is 0 Å². The van der Waals surface area contributed by atoms with Crippen LogP contribution in [0.4, 0.5) is 9.18 Å². The van der Waals surface area contributed by atoms with Crippen molar-refractivity contribution in [1.82, 2.24) is 15.2 Å². The molecule has 8 nitrogen and oxygen atoms in total. The van der Waals surface area contributed by atoms with E-state index in [1.807, 2.05) is 10.3 Å². The van der Waals surface area contributed by atoms with Gasteiger partial charge in [0.25, 0.3) is 0 Å². The van der Waals surface area contributed by atoms with Crippen LogP contribution in [-0.4, -0.2) is 53.1 Å². The van der Waals surface area contributed by atoms with Gasteiger partial charge in [0.2, 0.25) is 0 Å². The smallest absolute Gasteiger partial charge is 0.407 e. The van der Waals surface area contributed by atoms with Crippen molar-refractivity contribution in [2.24, 2.45) is 4.99 Å². The number of thiazole rings is 1. The first-order chi connectivity index (χ1) is 16.3. The van der Waals surface area contributed by atoms with Gasteiger partial charge in [-0.1, -0.05) is 22.0 Å². The van der Waals surface area contributed by atoms with Gasteiger partial charge in [-0.25, -0.2) is 19.0 Å². The second-order valence-corrected chi connectivity index (χ2v) is 9.80. The number of rotatable bonds is 6. The van der Waals surface area contributed by atoms with Gasteiger partial charge in [0.15, 0.2) is 10.8 Å². The number of carbonyl (C=O) groups is 2. The molecule has 4 rings (SSSR count). The predicted octanol–water partition coefficient (Wildman–Crippen LogP) is 4.57. The number of fused-ring (bicyclic) bond motifs is 1. The normalized spacial score (nSPS) is 19.7. The molecule has 2 aromatic rings. The number of carbonyl (C=O) groups excluding carboxylic acids is 2. The van der Waals surface area contributed by atoms with Crippen LogP contribution in [0.15, 0.2) is 50.5 Å². The van der Waals surface area contributed by atoms with Crippen molar-refractivity contribution >= 4 is 45.2 Å². The molecule has 1 amide bonds. The molecule has 11 heteroatoms. The largest absolute Gasteiger partial charge is 0.463 e. The summed E-state index contributed by atoms with van der Waals surface area (Å²) in [5, 5.41) is 5.40. The molecule has 2 aliphatic heterocycles. The lowest BCUT2D eigenvalue weighted by atomic mass is 9.94. The summed E-state index contributed by atoms with van der Waals surface area (Å²) in [7, 11) is 0. The first-order valence-electron chi connectivity index (χ1n) is 10.9. The molecule has 34 heavy (non-hydrogen) atoms. The number of halogens is 2. The van der Waals surface area contributed by atoms with E-state index >= 15 is 0 Å². The summed E-state index contributed by atoms with van der Waals surface area (Å²) < 4.78 is 24.9. The van der Waals surface area contributed by atoms with E-state index in [1.54, 1.807) is 33.0 Å². The number of amides is 1. The maximum atomic E-state index is 13.8. The van der Waals surface area contributed by atoms with Crippen molar-refractivity contribution in [3.8, 4) is 0 Å². The van der Waals surface area contributed by atoms with Crippen LogP contribution in [0, 0.1) is 5.82 Å². The van der Waals surface area contributed by atoms with E-state index in [0.717, 1.165) is 0 Å². The summed E-state index contributed by atoms with van der Waals surface area (Å²) in [6, 6.07) is 3.23. The zero-order chi connectivity index (χ0) is 24.4. The Morgan fingerprint density at radius 1 is 1.38 bits per heavy atom. The molecule has 1 saturated heterocycles. The third kappa shape index (κ3) is 5.00. The molecule has 1 aromatic heterocycles. The van der Waals surface area contributed by atoms with E-state index in [2.05, 4.69) is 26.2 Å². The highest BCUT2D eigenvalue weighted by Gasteiger charge is 2.43. The second-order valence-electron chi connectivity index (χ2n) is 8.05. The SMILES string of the molecule is CCOC(=O)C1=C2C[C@H](NC(=O)OC(C)C)CN2C(c2nccs2)=N[C@H]1c1ccc(F)cc1Br. The number of nitrogens with one attached hydrogen (secondary N) is 1. The number of hydrogen-bond donors (Lipinski definition) is 1. The molecule has 0 radical (unpaired) electrons. The molecule has 1 N–H and O–H groups in total. The van der Waals surface area contributed by atoms with Gasteiger partial charge < -0.3 is 19.7 Å². The quantitative estimate of drug-likeness (QED) is 0.529. The van der Waals surface area contributed by atoms with Gasteiger partial charge in [-0.05, 0) is 38.5 Å². The number of amidine groups is 1. The van der Waals surface area contributed by atoms with Crippen molar-refractivity contribution in [2.45, 2.75) is 45.4 Å². The fraction of sp³-hybridized carbons (Fsp3) is 0.391. The maximum absolute atomic E-state index is 13.8. The summed E-state index contributed by atoms with van der Waals surface area (Å²) in [5.74, 6) is -0.326. The number of alkyl carbamates (subject to hydrolysis) is 1. The molecule has 0 unspecified atom stereocenters. The van der Waals surface area contributed by atoms with Crippen LogP contribution in [0.3, 0.4) is 0 Å². The molecule has 3 heterocycles. The molecule has 2 atom stereocenters. The van der Waals surface area contributed by atoms with Gasteiger partial charge in [0, 0.05) is 34.7 Å². The second kappa shape index (κ2) is 10.2. The minimum Gasteiger partial charge on any atom is -0.463 e. The number of aliphatic imine (C=N–C) groups is 1. The van der Waals surface area contributed by atoms with E-state index in [9.17, 15) is 14.0 Å². The Bertz CT molecular complexity index is 1150. The Hall–Kier alpha value is -2.79. The number of esters is 1. The van der Waals surface area contributed by atoms with Crippen LogP contribution < -0.4 is 5.32 Å². The number of aromatic nitrogens is 1. The summed E-state index contributed by atoms with van der Waals surface area (Å²) in [4.78, 5) is 36.7. The molecule has 1 aromatic carbocycles. The third-order valence-electron chi connectivity index (χ3n) is 5.30. The predicted molar refractivity (Wildman–Crippen MR) is 129 cm³/mol. The van der Waals surface area contributed by atoms with Crippen molar-refractivity contribution in [2.75, 3.05) is 13.2 Å². The highest BCUT2D eigenvalue weighted by Crippen LogP contribution is 2.42. The Morgan fingerprint density at radius 3 is 2.82 bits per heavy atom. The molecule has 1 fully saturated rings. The molecule has 2 aliphatic rings. The average Bonchev–Trinajstić information content (AvgIpc) is 3.42. The fourth-order valence-corrected chi connectivity index (χ4v) is 5.23. The van der Waals surface area contributed by atoms with Gasteiger partial charge in [-0.15, -0.1) is 11.3 Å². The molecule has 0 bridgehead atoms. The van der Waals surface area contributed by atoms with Gasteiger partial charge in [0.1, 0.15) is 11.9 Å². The van der Waals surface area contributed by atoms with Gasteiger partial charge in [-0.2, -0.15) is 0 Å². The fourth-order valence-electron chi connectivity index (χ4n) is 4.03. The summed E-state index contributed by atoms with van der Waals surface area (Å²) in [5.41, 5.74) is 1.67. The Balaban J connectivity index is 1.81. The van der Waals surface area contributed by atoms with Crippen LogP contribution in [0.1, 0.15) is 43.8 Å². The molecule has 180 valence electrons. The summed E-state index contributed by atoms with van der Waals surface area (Å²) in [6.45, 7) is 5.87. The number of hydrogen-bond acceptors (Lipinski definition) is 8. The molecule has 0 spiro atoms. The van der Waals surface area contributed by atoms with E-state index < -0.39 is 23.9 Å². The van der Waals surface area contributed by atoms with Crippen molar-refractivity contribution < 1.29 is 23.5 Å². The molecule has 0 saturated carbocycles. The lowest BCUT2D eigenvalue weighted by Crippen LogP contribution is -2.40. The van der Waals surface area contributed by atoms with Crippen LogP contribution in [0.2, 0.25) is 0 Å². The van der Waals surface area contributed by atoms with E-state index in [1.165, 1.54) is 23.5 Å². The van der Waals surface area contributed by atoms with E-state index in [0.29, 0.717) is 45.1 Å². The highest BCUT2D eigenvalue weighted by atomic mass is 79.9. The Labute approximate surface area is 209 Å². The van der Waals surface area contributed by atoms with Crippen molar-refractivity contribution in [3.63, 3.8) is 0 Å². The standard InChI is InChI=1S/C23H24BrFN4O4S/c1-4-32-22(30)18-17-10-14(27-23(31)33-12(2)3)11-29(17)20(21-26-7-8-34-21)28-19(18)15-6-5-13(25)9-16(15)24/h5-9,12,14,19H,4,10-11H2,1-3H3,(H,27,31)/t14-,19-/m0/s1. The van der Waals surface area contributed by atoms with E-state index in [4.69, 9.17) is 14.5 Å². The number of ether oxygens (including phenoxy) is 2. The van der Waals surface area contributed by atoms with Gasteiger partial charge in [0.05, 0.1) is 24.3 Å². The number of nitrogens with zero attached hydrogens (tertiary/aromatic N) is 3. The Morgan fingerprint density at radius 2 is 2.18 bits per heavy atom. The average molecular weight is 551 g/mol. The Kier molecular flexibility index (Phi) is 7.32. The van der Waals surface area contributed by atoms with Crippen LogP contribution in [0.25, 0.3) is 0 Å². The van der Waals surface area contributed by atoms with Crippen LogP contribution in [0.5, 0.6) is 0 Å². The van der Waals surface area contributed by atoms with Gasteiger partial charge in [-0.3, -0.25) is 4.99 Å². The topological polar surface area (TPSA) is 93.1 Å². The lowest BCUT2D eigenvalue weighted by Gasteiger charge is -2.31. The molecule has 0 aliphatic carbocycles. The summed E-state index contributed by atoms with van der Waals surface area (Å²) >= 11 is 4.84. The van der Waals surface area contributed by atoms with Crippen LogP contribution >= 0.6 is 27.3 Å². The van der Waals surface area contributed by atoms with Gasteiger partial charge >= 0.3 is 12.1 Å². The molecular weight excluding hydrogens is 527 g/mol. The highest BCUT2D eigenvalue weighted by molar-refractivity contribution is 9.10. The van der Waals surface area contributed by atoms with Crippen LogP contribution in [-0.2, 0) is 14.3 Å². The zero-order valence-electron chi connectivity index (χ0n) is 18.9. The molecular formula is C23H24BrFN4O4S.